The first-order valence-electron chi connectivity index (χ1n) is 14.6. The predicted molar refractivity (Wildman–Crippen MR) is 161 cm³/mol. The number of aliphatic carboxylic acids is 1. The number of carboxylic acids is 1. The zero-order valence-corrected chi connectivity index (χ0v) is 24.5. The zero-order valence-electron chi connectivity index (χ0n) is 24.5. The maximum atomic E-state index is 14.2. The first-order chi connectivity index (χ1) is 20.2. The molecule has 0 aromatic heterocycles. The van der Waals surface area contributed by atoms with E-state index < -0.39 is 29.0 Å². The van der Waals surface area contributed by atoms with Crippen molar-refractivity contribution in [2.45, 2.75) is 57.2 Å². The number of hydrogen-bond acceptors (Lipinski definition) is 5. The van der Waals surface area contributed by atoms with Crippen molar-refractivity contribution in [3.63, 3.8) is 0 Å². The number of likely N-dealkylation sites (tertiary alicyclic amines) is 1. The topological polar surface area (TPSA) is 99.2 Å². The lowest BCUT2D eigenvalue weighted by molar-refractivity contribution is -0.160. The molecule has 1 heterocycles. The van der Waals surface area contributed by atoms with Crippen molar-refractivity contribution in [2.24, 2.45) is 0 Å². The number of carbonyl (C=O) groups is 3. The number of benzene rings is 3. The molecule has 0 unspecified atom stereocenters. The van der Waals surface area contributed by atoms with E-state index in [1.54, 1.807) is 6.92 Å². The largest absolute Gasteiger partial charge is 0.480 e. The highest BCUT2D eigenvalue weighted by molar-refractivity contribution is 5.94. The van der Waals surface area contributed by atoms with E-state index in [4.69, 9.17) is 4.74 Å². The van der Waals surface area contributed by atoms with Crippen LogP contribution in [0, 0.1) is 0 Å². The van der Waals surface area contributed by atoms with E-state index in [0.29, 0.717) is 25.9 Å². The Morgan fingerprint density at radius 3 is 2.02 bits per heavy atom. The van der Waals surface area contributed by atoms with Crippen molar-refractivity contribution < 1.29 is 24.2 Å². The maximum Gasteiger partial charge on any atom is 0.408 e. The van der Waals surface area contributed by atoms with Gasteiger partial charge in [-0.2, -0.15) is 0 Å². The summed E-state index contributed by atoms with van der Waals surface area (Å²) in [6, 6.07) is 26.4. The molecular formula is C34H39N3O5. The first-order valence-corrected chi connectivity index (χ1v) is 14.6. The van der Waals surface area contributed by atoms with Crippen LogP contribution in [-0.2, 0) is 20.9 Å². The van der Waals surface area contributed by atoms with Crippen LogP contribution in [0.25, 0.3) is 11.1 Å². The molecule has 3 aromatic rings. The second-order valence-corrected chi connectivity index (χ2v) is 11.7. The van der Waals surface area contributed by atoms with E-state index in [0.717, 1.165) is 28.8 Å². The van der Waals surface area contributed by atoms with Gasteiger partial charge >= 0.3 is 12.1 Å². The Hall–Kier alpha value is -4.17. The van der Waals surface area contributed by atoms with Crippen molar-refractivity contribution in [2.75, 3.05) is 26.2 Å². The van der Waals surface area contributed by atoms with Crippen LogP contribution < -0.4 is 5.32 Å². The third-order valence-corrected chi connectivity index (χ3v) is 8.81. The molecule has 2 amide bonds. The lowest BCUT2D eigenvalue weighted by Crippen LogP contribution is -2.67. The van der Waals surface area contributed by atoms with E-state index in [-0.39, 0.29) is 19.1 Å². The quantitative estimate of drug-likeness (QED) is 0.364. The van der Waals surface area contributed by atoms with Crippen LogP contribution in [0.4, 0.5) is 4.79 Å². The Balaban J connectivity index is 1.34. The highest BCUT2D eigenvalue weighted by Crippen LogP contribution is 2.44. The van der Waals surface area contributed by atoms with Gasteiger partial charge in [-0.05, 0) is 61.4 Å². The molecule has 0 radical (unpaired) electrons. The number of nitrogens with one attached hydrogen (secondary N) is 1. The highest BCUT2D eigenvalue weighted by Gasteiger charge is 2.49. The molecule has 220 valence electrons. The summed E-state index contributed by atoms with van der Waals surface area (Å²) < 4.78 is 5.84. The molecule has 2 N–H and O–H groups in total. The summed E-state index contributed by atoms with van der Waals surface area (Å²) in [5, 5.41) is 12.9. The van der Waals surface area contributed by atoms with Gasteiger partial charge in [0.15, 0.2) is 0 Å². The number of likely N-dealkylation sites (N-methyl/N-ethyl adjacent to an activating group) is 1. The fourth-order valence-electron chi connectivity index (χ4n) is 6.32. The molecule has 42 heavy (non-hydrogen) atoms. The fourth-order valence-corrected chi connectivity index (χ4v) is 6.32. The SMILES string of the molecule is CCN(C(=O)C1(NC(=O)OCC2c3ccccc3-c3ccccc32)CCN(Cc2ccccc2)CC1)C(C)(C)C(=O)O. The molecule has 8 heteroatoms. The number of rotatable bonds is 9. The Morgan fingerprint density at radius 2 is 1.48 bits per heavy atom. The summed E-state index contributed by atoms with van der Waals surface area (Å²) in [6.07, 6.45) is 0.00956. The molecule has 1 aliphatic heterocycles. The van der Waals surface area contributed by atoms with Gasteiger partial charge in [0.25, 0.3) is 0 Å². The molecule has 1 fully saturated rings. The van der Waals surface area contributed by atoms with E-state index >= 15 is 0 Å². The van der Waals surface area contributed by atoms with Crippen LogP contribution in [0.2, 0.25) is 0 Å². The normalized spacial score (nSPS) is 16.3. The number of carbonyl (C=O) groups excluding carboxylic acids is 2. The Bertz CT molecular complexity index is 1400. The van der Waals surface area contributed by atoms with Gasteiger partial charge in [-0.25, -0.2) is 9.59 Å². The van der Waals surface area contributed by atoms with Crippen molar-refractivity contribution in [3.05, 3.63) is 95.6 Å². The summed E-state index contributed by atoms with van der Waals surface area (Å²) in [5.41, 5.74) is 2.92. The summed E-state index contributed by atoms with van der Waals surface area (Å²) in [5.74, 6) is -1.61. The first kappa shape index (κ1) is 29.3. The van der Waals surface area contributed by atoms with Crippen molar-refractivity contribution >= 4 is 18.0 Å². The molecule has 0 saturated carbocycles. The molecule has 1 saturated heterocycles. The molecule has 0 atom stereocenters. The third kappa shape index (κ3) is 5.63. The third-order valence-electron chi connectivity index (χ3n) is 8.81. The van der Waals surface area contributed by atoms with Crippen LogP contribution in [-0.4, -0.2) is 70.2 Å². The van der Waals surface area contributed by atoms with Gasteiger partial charge in [0.05, 0.1) is 0 Å². The monoisotopic (exact) mass is 569 g/mol. The minimum Gasteiger partial charge on any atom is -0.480 e. The van der Waals surface area contributed by atoms with Gasteiger partial charge in [0.1, 0.15) is 17.7 Å². The number of hydrogen-bond donors (Lipinski definition) is 2. The van der Waals surface area contributed by atoms with E-state index in [2.05, 4.69) is 46.6 Å². The second-order valence-electron chi connectivity index (χ2n) is 11.7. The number of amides is 2. The van der Waals surface area contributed by atoms with Crippen LogP contribution in [0.1, 0.15) is 56.2 Å². The van der Waals surface area contributed by atoms with Gasteiger partial charge < -0.3 is 20.1 Å². The predicted octanol–water partition coefficient (Wildman–Crippen LogP) is 5.27. The van der Waals surface area contributed by atoms with Gasteiger partial charge in [0.2, 0.25) is 5.91 Å². The second kappa shape index (κ2) is 12.0. The number of alkyl carbamates (subject to hydrolysis) is 1. The van der Waals surface area contributed by atoms with Gasteiger partial charge in [-0.1, -0.05) is 78.9 Å². The zero-order chi connectivity index (χ0) is 29.9. The molecule has 0 spiro atoms. The van der Waals surface area contributed by atoms with Crippen LogP contribution in [0.5, 0.6) is 0 Å². The standard InChI is InChI=1S/C34H39N3O5/c1-4-37(33(2,3)31(39)40)30(38)34(18-20-36(21-19-34)22-24-12-6-5-7-13-24)35-32(41)42-23-29-27-16-10-8-14-25(27)26-15-9-11-17-28(26)29/h5-17,29H,4,18-23H2,1-3H3,(H,35,41)(H,39,40). The summed E-state index contributed by atoms with van der Waals surface area (Å²) in [7, 11) is 0. The molecule has 0 bridgehead atoms. The van der Waals surface area contributed by atoms with Gasteiger partial charge in [-0.3, -0.25) is 9.69 Å². The number of piperidine rings is 1. The summed E-state index contributed by atoms with van der Waals surface area (Å²) in [4.78, 5) is 43.3. The molecular weight excluding hydrogens is 530 g/mol. The van der Waals surface area contributed by atoms with E-state index in [9.17, 15) is 19.5 Å². The van der Waals surface area contributed by atoms with Crippen LogP contribution >= 0.6 is 0 Å². The average molecular weight is 570 g/mol. The Labute approximate surface area is 247 Å². The molecule has 1 aliphatic carbocycles. The number of carboxylic acid groups (broad SMARTS) is 1. The van der Waals surface area contributed by atoms with Gasteiger partial charge in [-0.15, -0.1) is 0 Å². The lowest BCUT2D eigenvalue weighted by atomic mass is 9.84. The summed E-state index contributed by atoms with van der Waals surface area (Å²) in [6.45, 7) is 6.97. The fraction of sp³-hybridized carbons (Fsp3) is 0.382. The van der Waals surface area contributed by atoms with Crippen LogP contribution in [0.3, 0.4) is 0 Å². The van der Waals surface area contributed by atoms with E-state index in [1.165, 1.54) is 24.3 Å². The molecule has 2 aliphatic rings. The van der Waals surface area contributed by atoms with Crippen molar-refractivity contribution in [1.29, 1.82) is 0 Å². The minimum absolute atomic E-state index is 0.111. The smallest absolute Gasteiger partial charge is 0.408 e. The minimum atomic E-state index is -1.44. The number of ether oxygens (including phenoxy) is 1. The molecule has 8 nitrogen and oxygen atoms in total. The average Bonchev–Trinajstić information content (AvgIpc) is 3.31. The highest BCUT2D eigenvalue weighted by atomic mass is 16.5. The maximum absolute atomic E-state index is 14.2. The Kier molecular flexibility index (Phi) is 8.36. The van der Waals surface area contributed by atoms with Crippen molar-refractivity contribution in [3.8, 4) is 11.1 Å². The van der Waals surface area contributed by atoms with Crippen LogP contribution in [0.15, 0.2) is 78.9 Å². The van der Waals surface area contributed by atoms with Crippen molar-refractivity contribution in [1.82, 2.24) is 15.1 Å². The number of nitrogens with zero attached hydrogens (tertiary/aromatic N) is 2. The lowest BCUT2D eigenvalue weighted by Gasteiger charge is -2.46. The molecule has 5 rings (SSSR count). The number of fused-ring (bicyclic) bond motifs is 3. The van der Waals surface area contributed by atoms with E-state index in [1.807, 2.05) is 42.5 Å². The Morgan fingerprint density at radius 1 is 0.929 bits per heavy atom. The van der Waals surface area contributed by atoms with Gasteiger partial charge in [0, 0.05) is 32.1 Å². The summed E-state index contributed by atoms with van der Waals surface area (Å²) >= 11 is 0. The molecule has 3 aromatic carbocycles.